The number of carbonyl (C=O) groups excluding carboxylic acids is 1. The molecule has 2 aromatic rings. The van der Waals surface area contributed by atoms with Crippen LogP contribution in [0.15, 0.2) is 35.7 Å². The first-order valence-electron chi connectivity index (χ1n) is 7.17. The summed E-state index contributed by atoms with van der Waals surface area (Å²) in [6.07, 6.45) is 0. The normalized spacial score (nSPS) is 13.7. The summed E-state index contributed by atoms with van der Waals surface area (Å²) in [4.78, 5) is 13.5. The van der Waals surface area contributed by atoms with E-state index in [9.17, 15) is 4.79 Å². The highest BCUT2D eigenvalue weighted by molar-refractivity contribution is 7.09. The monoisotopic (exact) mass is 318 g/mol. The van der Waals surface area contributed by atoms with Gasteiger partial charge in [-0.05, 0) is 43.0 Å². The molecule has 1 aromatic carbocycles. The first kappa shape index (κ1) is 14.9. The Bertz CT molecular complexity index is 661. The van der Waals surface area contributed by atoms with E-state index in [0.717, 1.165) is 16.2 Å². The quantitative estimate of drug-likeness (QED) is 0.809. The van der Waals surface area contributed by atoms with Gasteiger partial charge < -0.3 is 14.2 Å². The summed E-state index contributed by atoms with van der Waals surface area (Å²) in [5.74, 6) is 1.15. The van der Waals surface area contributed by atoms with E-state index in [-0.39, 0.29) is 5.97 Å². The summed E-state index contributed by atoms with van der Waals surface area (Å²) in [6, 6.07) is 9.49. The van der Waals surface area contributed by atoms with Crippen molar-refractivity contribution >= 4 is 17.3 Å². The van der Waals surface area contributed by atoms with Crippen LogP contribution in [-0.2, 0) is 21.6 Å². The molecule has 0 amide bonds. The molecule has 0 saturated carbocycles. The Morgan fingerprint density at radius 3 is 2.73 bits per heavy atom. The molecule has 0 atom stereocenters. The van der Waals surface area contributed by atoms with Crippen LogP contribution in [0.3, 0.4) is 0 Å². The summed E-state index contributed by atoms with van der Waals surface area (Å²) >= 11 is 1.58. The summed E-state index contributed by atoms with van der Waals surface area (Å²) in [5.41, 5.74) is 0.112. The molecule has 0 fully saturated rings. The number of hydrogen-bond acceptors (Lipinski definition) is 5. The Morgan fingerprint density at radius 2 is 2.00 bits per heavy atom. The molecule has 0 aliphatic carbocycles. The van der Waals surface area contributed by atoms with E-state index >= 15 is 0 Å². The Balaban J connectivity index is 1.75. The van der Waals surface area contributed by atoms with Gasteiger partial charge in [0.05, 0.1) is 5.41 Å². The predicted octanol–water partition coefficient (Wildman–Crippen LogP) is 3.54. The maximum absolute atomic E-state index is 12.4. The first-order chi connectivity index (χ1) is 10.6. The molecule has 0 spiro atoms. The molecular formula is C17H18O4S. The molecule has 0 bridgehead atoms. The SMILES string of the molecule is CC(C)(C(=O)OCc1cccs1)c1ccc2c(c1)OCCO2. The standard InChI is InChI=1S/C17H18O4S/c1-17(2,16(18)21-11-13-4-3-9-22-13)12-5-6-14-15(10-12)20-8-7-19-14/h3-6,9-10H,7-8,11H2,1-2H3. The summed E-state index contributed by atoms with van der Waals surface area (Å²) < 4.78 is 16.5. The van der Waals surface area contributed by atoms with Crippen molar-refractivity contribution in [2.24, 2.45) is 0 Å². The fourth-order valence-corrected chi connectivity index (χ4v) is 2.88. The zero-order chi connectivity index (χ0) is 15.6. The molecule has 0 unspecified atom stereocenters. The number of thiophene rings is 1. The molecule has 4 nitrogen and oxygen atoms in total. The number of ether oxygens (including phenoxy) is 3. The molecule has 3 rings (SSSR count). The second kappa shape index (κ2) is 6.01. The van der Waals surface area contributed by atoms with E-state index in [2.05, 4.69) is 0 Å². The van der Waals surface area contributed by atoms with Crippen LogP contribution in [0.1, 0.15) is 24.3 Å². The van der Waals surface area contributed by atoms with Gasteiger partial charge in [-0.15, -0.1) is 11.3 Å². The summed E-state index contributed by atoms with van der Waals surface area (Å²) in [6.45, 7) is 5.10. The van der Waals surface area contributed by atoms with E-state index in [4.69, 9.17) is 14.2 Å². The van der Waals surface area contributed by atoms with Crippen molar-refractivity contribution in [1.82, 2.24) is 0 Å². The lowest BCUT2D eigenvalue weighted by atomic mass is 9.84. The maximum Gasteiger partial charge on any atom is 0.316 e. The fraction of sp³-hybridized carbons (Fsp3) is 0.353. The molecule has 2 heterocycles. The molecule has 1 aliphatic rings. The van der Waals surface area contributed by atoms with Crippen LogP contribution in [0.2, 0.25) is 0 Å². The zero-order valence-electron chi connectivity index (χ0n) is 12.6. The predicted molar refractivity (Wildman–Crippen MR) is 84.6 cm³/mol. The number of rotatable bonds is 4. The summed E-state index contributed by atoms with van der Waals surface area (Å²) in [7, 11) is 0. The second-order valence-corrected chi connectivity index (χ2v) is 6.67. The van der Waals surface area contributed by atoms with Gasteiger partial charge in [-0.1, -0.05) is 12.1 Å². The highest BCUT2D eigenvalue weighted by atomic mass is 32.1. The Labute approximate surface area is 133 Å². The highest BCUT2D eigenvalue weighted by Gasteiger charge is 2.32. The van der Waals surface area contributed by atoms with Crippen molar-refractivity contribution in [3.63, 3.8) is 0 Å². The summed E-state index contributed by atoms with van der Waals surface area (Å²) in [5, 5.41) is 1.97. The minimum absolute atomic E-state index is 0.252. The number of carbonyl (C=O) groups is 1. The lowest BCUT2D eigenvalue weighted by Gasteiger charge is -2.25. The van der Waals surface area contributed by atoms with Crippen molar-refractivity contribution in [3.8, 4) is 11.5 Å². The number of fused-ring (bicyclic) bond motifs is 1. The molecular weight excluding hydrogens is 300 g/mol. The molecule has 0 N–H and O–H groups in total. The average molecular weight is 318 g/mol. The molecule has 5 heteroatoms. The van der Waals surface area contributed by atoms with Crippen LogP contribution < -0.4 is 9.47 Å². The molecule has 1 aliphatic heterocycles. The smallest absolute Gasteiger partial charge is 0.316 e. The molecule has 0 saturated heterocycles. The number of benzene rings is 1. The van der Waals surface area contributed by atoms with E-state index in [0.29, 0.717) is 25.6 Å². The van der Waals surface area contributed by atoms with Gasteiger partial charge in [-0.3, -0.25) is 4.79 Å². The average Bonchev–Trinajstić information content (AvgIpc) is 3.05. The molecule has 1 aromatic heterocycles. The van der Waals surface area contributed by atoms with Gasteiger partial charge in [-0.25, -0.2) is 0 Å². The minimum atomic E-state index is -0.743. The Kier molecular flexibility index (Phi) is 4.07. The number of esters is 1. The third-order valence-electron chi connectivity index (χ3n) is 3.70. The van der Waals surface area contributed by atoms with Crippen molar-refractivity contribution in [3.05, 3.63) is 46.2 Å². The van der Waals surface area contributed by atoms with Crippen LogP contribution in [0.5, 0.6) is 11.5 Å². The van der Waals surface area contributed by atoms with Crippen LogP contribution in [0, 0.1) is 0 Å². The van der Waals surface area contributed by atoms with Gasteiger partial charge in [0.2, 0.25) is 0 Å². The van der Waals surface area contributed by atoms with Gasteiger partial charge in [0.1, 0.15) is 19.8 Å². The topological polar surface area (TPSA) is 44.8 Å². The molecule has 0 radical (unpaired) electrons. The molecule has 22 heavy (non-hydrogen) atoms. The van der Waals surface area contributed by atoms with E-state index in [1.807, 2.05) is 49.6 Å². The second-order valence-electron chi connectivity index (χ2n) is 5.64. The maximum atomic E-state index is 12.4. The van der Waals surface area contributed by atoms with Crippen molar-refractivity contribution in [1.29, 1.82) is 0 Å². The third kappa shape index (κ3) is 2.95. The lowest BCUT2D eigenvalue weighted by Crippen LogP contribution is -2.31. The van der Waals surface area contributed by atoms with Gasteiger partial charge >= 0.3 is 5.97 Å². The van der Waals surface area contributed by atoms with Crippen molar-refractivity contribution in [2.45, 2.75) is 25.9 Å². The third-order valence-corrected chi connectivity index (χ3v) is 4.55. The molecule has 116 valence electrons. The lowest BCUT2D eigenvalue weighted by molar-refractivity contribution is -0.150. The van der Waals surface area contributed by atoms with Gasteiger partial charge in [0.15, 0.2) is 11.5 Å². The zero-order valence-corrected chi connectivity index (χ0v) is 13.4. The van der Waals surface area contributed by atoms with Gasteiger partial charge in [0, 0.05) is 4.88 Å². The minimum Gasteiger partial charge on any atom is -0.486 e. The Morgan fingerprint density at radius 1 is 1.23 bits per heavy atom. The largest absolute Gasteiger partial charge is 0.486 e. The van der Waals surface area contributed by atoms with Crippen molar-refractivity contribution < 1.29 is 19.0 Å². The van der Waals surface area contributed by atoms with Crippen LogP contribution in [0.25, 0.3) is 0 Å². The van der Waals surface area contributed by atoms with Gasteiger partial charge in [0.25, 0.3) is 0 Å². The Hall–Kier alpha value is -2.01. The van der Waals surface area contributed by atoms with Crippen LogP contribution in [-0.4, -0.2) is 19.2 Å². The van der Waals surface area contributed by atoms with Gasteiger partial charge in [-0.2, -0.15) is 0 Å². The van der Waals surface area contributed by atoms with E-state index in [1.54, 1.807) is 11.3 Å². The van der Waals surface area contributed by atoms with E-state index < -0.39 is 5.41 Å². The highest BCUT2D eigenvalue weighted by Crippen LogP contribution is 2.35. The van der Waals surface area contributed by atoms with Crippen molar-refractivity contribution in [2.75, 3.05) is 13.2 Å². The van der Waals surface area contributed by atoms with Crippen LogP contribution >= 0.6 is 11.3 Å². The van der Waals surface area contributed by atoms with E-state index in [1.165, 1.54) is 0 Å². The van der Waals surface area contributed by atoms with Crippen LogP contribution in [0.4, 0.5) is 0 Å². The first-order valence-corrected chi connectivity index (χ1v) is 8.05. The number of hydrogen-bond donors (Lipinski definition) is 0. The fourth-order valence-electron chi connectivity index (χ4n) is 2.26.